The van der Waals surface area contributed by atoms with E-state index in [0.717, 1.165) is 51.4 Å². The van der Waals surface area contributed by atoms with Crippen molar-refractivity contribution in [2.45, 2.75) is 142 Å². The van der Waals surface area contributed by atoms with Crippen LogP contribution in [0.5, 0.6) is 0 Å². The van der Waals surface area contributed by atoms with Crippen molar-refractivity contribution >= 4 is 31.2 Å². The average Bonchev–Trinajstić information content (AvgIpc) is 2.79. The molecular weight excluding hydrogens is 590 g/mol. The predicted octanol–water partition coefficient (Wildman–Crippen LogP) is 0.862. The SMILES string of the molecule is CCCCCCCCCCCCOS(=O)(=O)OS(=O)(=O)OS(=O)(=O)OCCCCCCCCCCCC.[H-].[H-].[Na+].[Na+]. The Morgan fingerprint density at radius 1 is 0.385 bits per heavy atom. The van der Waals surface area contributed by atoms with Crippen molar-refractivity contribution in [3.63, 3.8) is 0 Å². The fourth-order valence-electron chi connectivity index (χ4n) is 3.76. The first kappa shape index (κ1) is 45.1. The van der Waals surface area contributed by atoms with Gasteiger partial charge >= 0.3 is 90.3 Å². The largest absolute Gasteiger partial charge is 1.00 e. The van der Waals surface area contributed by atoms with Gasteiger partial charge in [-0.15, -0.1) is 0 Å². The maximum atomic E-state index is 11.7. The van der Waals surface area contributed by atoms with Crippen LogP contribution in [0.1, 0.15) is 145 Å². The normalized spacial score (nSPS) is 12.2. The van der Waals surface area contributed by atoms with Crippen LogP contribution in [0.2, 0.25) is 0 Å². The van der Waals surface area contributed by atoms with E-state index in [1.165, 1.54) is 64.2 Å². The Labute approximate surface area is 287 Å². The summed E-state index contributed by atoms with van der Waals surface area (Å²) < 4.78 is 86.8. The number of hydrogen-bond donors (Lipinski definition) is 0. The van der Waals surface area contributed by atoms with Gasteiger partial charge in [0.15, 0.2) is 0 Å². The van der Waals surface area contributed by atoms with Gasteiger partial charge < -0.3 is 2.85 Å². The average molecular weight is 643 g/mol. The zero-order chi connectivity index (χ0) is 27.9. The zero-order valence-electron chi connectivity index (χ0n) is 26.9. The number of unbranched alkanes of at least 4 members (excludes halogenated alkanes) is 18. The topological polar surface area (TPSA) is 139 Å². The molecule has 0 atom stereocenters. The quantitative estimate of drug-likeness (QED) is 0.0892. The van der Waals surface area contributed by atoms with E-state index in [9.17, 15) is 25.3 Å². The van der Waals surface area contributed by atoms with Gasteiger partial charge in [-0.25, -0.2) is 8.37 Å². The molecule has 0 saturated heterocycles. The molecule has 0 N–H and O–H groups in total. The molecule has 0 unspecified atom stereocenters. The summed E-state index contributed by atoms with van der Waals surface area (Å²) in [5.41, 5.74) is 0. The van der Waals surface area contributed by atoms with E-state index in [-0.39, 0.29) is 75.2 Å². The Hall–Kier alpha value is 1.69. The molecule has 0 heterocycles. The minimum absolute atomic E-state index is 0. The van der Waals surface area contributed by atoms with Gasteiger partial charge in [0.2, 0.25) is 0 Å². The molecule has 0 bridgehead atoms. The van der Waals surface area contributed by atoms with E-state index < -0.39 is 31.2 Å². The van der Waals surface area contributed by atoms with Crippen LogP contribution >= 0.6 is 0 Å². The van der Waals surface area contributed by atoms with Crippen LogP contribution in [-0.2, 0) is 46.8 Å². The molecule has 39 heavy (non-hydrogen) atoms. The molecule has 228 valence electrons. The summed E-state index contributed by atoms with van der Waals surface area (Å²) in [6.07, 6.45) is 20.6. The Balaban J connectivity index is -0.00000108. The van der Waals surface area contributed by atoms with Gasteiger partial charge in [-0.05, 0) is 12.8 Å². The first-order chi connectivity index (χ1) is 17.5. The summed E-state index contributed by atoms with van der Waals surface area (Å²) in [6.45, 7) is 3.78. The molecule has 0 fully saturated rings. The second kappa shape index (κ2) is 28.5. The van der Waals surface area contributed by atoms with Crippen LogP contribution in [0.4, 0.5) is 0 Å². The molecule has 0 aliphatic heterocycles. The van der Waals surface area contributed by atoms with Crippen molar-refractivity contribution in [2.24, 2.45) is 0 Å². The standard InChI is InChI=1S/C24H50O10S3.2Na.2H/c1-3-5-7-9-11-13-15-17-19-21-23-31-35(25,26)33-37(29,30)34-36(27,28)32-24-22-20-18-16-14-12-10-8-6-4-2;;;;/h3-24H2,1-2H3;;;;/q;2*+1;2*-1. The van der Waals surface area contributed by atoms with Crippen molar-refractivity contribution in [2.75, 3.05) is 13.2 Å². The van der Waals surface area contributed by atoms with Crippen LogP contribution in [0.15, 0.2) is 0 Å². The van der Waals surface area contributed by atoms with Gasteiger partial charge in [0.1, 0.15) is 0 Å². The molecule has 0 aliphatic rings. The Morgan fingerprint density at radius 3 is 0.872 bits per heavy atom. The summed E-state index contributed by atoms with van der Waals surface area (Å²) in [7, 11) is -15.5. The minimum Gasteiger partial charge on any atom is -1.00 e. The Morgan fingerprint density at radius 2 is 0.615 bits per heavy atom. The molecule has 0 saturated carbocycles. The van der Waals surface area contributed by atoms with E-state index in [1.807, 2.05) is 0 Å². The van der Waals surface area contributed by atoms with Crippen LogP contribution in [0.25, 0.3) is 0 Å². The molecule has 10 nitrogen and oxygen atoms in total. The van der Waals surface area contributed by atoms with Crippen molar-refractivity contribution in [3.05, 3.63) is 0 Å². The second-order valence-corrected chi connectivity index (χ2v) is 13.4. The van der Waals surface area contributed by atoms with Crippen LogP contribution in [-0.4, -0.2) is 38.5 Å². The second-order valence-electron chi connectivity index (χ2n) is 9.37. The van der Waals surface area contributed by atoms with Crippen molar-refractivity contribution in [1.82, 2.24) is 0 Å². The van der Waals surface area contributed by atoms with E-state index in [2.05, 4.69) is 29.5 Å². The first-order valence-electron chi connectivity index (χ1n) is 14.0. The number of hydrogen-bond acceptors (Lipinski definition) is 10. The Bertz CT molecular complexity index is 799. The third-order valence-corrected chi connectivity index (χ3v) is 9.36. The van der Waals surface area contributed by atoms with Crippen LogP contribution in [0.3, 0.4) is 0 Å². The van der Waals surface area contributed by atoms with Gasteiger partial charge in [0.05, 0.1) is 13.2 Å². The van der Waals surface area contributed by atoms with Gasteiger partial charge in [-0.2, -0.15) is 25.3 Å². The van der Waals surface area contributed by atoms with Gasteiger partial charge in [0.25, 0.3) is 0 Å². The molecule has 0 amide bonds. The third-order valence-electron chi connectivity index (χ3n) is 5.78. The molecule has 0 spiro atoms. The first-order valence-corrected chi connectivity index (χ1v) is 18.0. The smallest absolute Gasteiger partial charge is 1.00 e. The molecule has 0 aromatic rings. The zero-order valence-corrected chi connectivity index (χ0v) is 31.3. The molecular formula is C24H52Na2O10S3. The van der Waals surface area contributed by atoms with E-state index >= 15 is 0 Å². The van der Waals surface area contributed by atoms with E-state index in [0.29, 0.717) is 12.8 Å². The maximum Gasteiger partial charge on any atom is 1.00 e. The summed E-state index contributed by atoms with van der Waals surface area (Å²) in [5, 5.41) is 0. The molecule has 0 radical (unpaired) electrons. The fourth-order valence-corrected chi connectivity index (χ4v) is 6.64. The number of rotatable bonds is 28. The monoisotopic (exact) mass is 642 g/mol. The molecule has 0 aromatic carbocycles. The van der Waals surface area contributed by atoms with Gasteiger partial charge in [-0.3, -0.25) is 0 Å². The van der Waals surface area contributed by atoms with Crippen molar-refractivity contribution < 1.29 is 103 Å². The van der Waals surface area contributed by atoms with E-state index in [1.54, 1.807) is 0 Å². The summed E-state index contributed by atoms with van der Waals surface area (Å²) in [6, 6.07) is 0. The Kier molecular flexibility index (Phi) is 32.9. The van der Waals surface area contributed by atoms with E-state index in [4.69, 9.17) is 0 Å². The minimum atomic E-state index is -5.45. The fraction of sp³-hybridized carbons (Fsp3) is 1.00. The van der Waals surface area contributed by atoms with Crippen LogP contribution in [0, 0.1) is 0 Å². The van der Waals surface area contributed by atoms with Gasteiger partial charge in [0, 0.05) is 0 Å². The van der Waals surface area contributed by atoms with Crippen molar-refractivity contribution in [3.8, 4) is 0 Å². The summed E-state index contributed by atoms with van der Waals surface area (Å²) >= 11 is 0. The predicted molar refractivity (Wildman–Crippen MR) is 147 cm³/mol. The van der Waals surface area contributed by atoms with Gasteiger partial charge in [-0.1, -0.05) is 137 Å². The summed E-state index contributed by atoms with van der Waals surface area (Å²) in [5.74, 6) is 0. The summed E-state index contributed by atoms with van der Waals surface area (Å²) in [4.78, 5) is 0. The molecule has 0 rings (SSSR count). The van der Waals surface area contributed by atoms with Crippen LogP contribution < -0.4 is 59.1 Å². The molecule has 15 heteroatoms. The van der Waals surface area contributed by atoms with Crippen molar-refractivity contribution in [1.29, 1.82) is 0 Å². The maximum absolute atomic E-state index is 11.7. The molecule has 0 aromatic heterocycles. The third kappa shape index (κ3) is 32.4. The molecule has 0 aliphatic carbocycles.